The van der Waals surface area contributed by atoms with E-state index in [0.717, 1.165) is 43.5 Å². The Hall–Kier alpha value is -0.820. The summed E-state index contributed by atoms with van der Waals surface area (Å²) in [6, 6.07) is 8.07. The maximum atomic E-state index is 13.7. The van der Waals surface area contributed by atoms with Crippen LogP contribution < -0.4 is 0 Å². The van der Waals surface area contributed by atoms with Crippen LogP contribution in [-0.4, -0.2) is 5.78 Å². The molecule has 26 heavy (non-hydrogen) atoms. The minimum absolute atomic E-state index is 0.0403. The van der Waals surface area contributed by atoms with Gasteiger partial charge in [0, 0.05) is 16.4 Å². The average Bonchev–Trinajstić information content (AvgIpc) is 2.54. The van der Waals surface area contributed by atoms with Crippen molar-refractivity contribution in [2.24, 2.45) is 22.7 Å². The lowest BCUT2D eigenvalue weighted by atomic mass is 9.61. The van der Waals surface area contributed by atoms with E-state index in [-0.39, 0.29) is 16.7 Å². The third-order valence-electron chi connectivity index (χ3n) is 6.35. The van der Waals surface area contributed by atoms with E-state index in [1.54, 1.807) is 0 Å². The second-order valence-electron chi connectivity index (χ2n) is 9.35. The van der Waals surface area contributed by atoms with Gasteiger partial charge in [0.25, 0.3) is 0 Å². The molecule has 0 aliphatic rings. The first kappa shape index (κ1) is 23.2. The molecule has 1 unspecified atom stereocenters. The van der Waals surface area contributed by atoms with Crippen LogP contribution in [0.3, 0.4) is 0 Å². The van der Waals surface area contributed by atoms with Gasteiger partial charge in [0.05, 0.1) is 0 Å². The van der Waals surface area contributed by atoms with Crippen molar-refractivity contribution in [3.63, 3.8) is 0 Å². The first-order valence-corrected chi connectivity index (χ1v) is 10.7. The van der Waals surface area contributed by atoms with Crippen molar-refractivity contribution >= 4 is 17.4 Å². The molecular weight excluding hydrogens is 340 g/mol. The Kier molecular flexibility index (Phi) is 8.86. The molecule has 0 fully saturated rings. The van der Waals surface area contributed by atoms with Crippen molar-refractivity contribution in [1.29, 1.82) is 0 Å². The fraction of sp³-hybridized carbons (Fsp3) is 0.708. The maximum Gasteiger partial charge on any atom is 0.142 e. The number of carbonyl (C=O) groups excluding carboxylic acids is 1. The van der Waals surface area contributed by atoms with Crippen molar-refractivity contribution in [2.75, 3.05) is 0 Å². The summed E-state index contributed by atoms with van der Waals surface area (Å²) in [6.07, 6.45) is 6.40. The molecule has 1 aromatic carbocycles. The van der Waals surface area contributed by atoms with Gasteiger partial charge in [-0.25, -0.2) is 0 Å². The van der Waals surface area contributed by atoms with Crippen LogP contribution in [-0.2, 0) is 11.2 Å². The summed E-state index contributed by atoms with van der Waals surface area (Å²) >= 11 is 6.15. The molecule has 1 rings (SSSR count). The third-order valence-corrected chi connectivity index (χ3v) is 6.58. The smallest absolute Gasteiger partial charge is 0.142 e. The third kappa shape index (κ3) is 6.12. The van der Waals surface area contributed by atoms with E-state index in [4.69, 9.17) is 11.6 Å². The zero-order valence-electron chi connectivity index (χ0n) is 18.0. The molecule has 0 bridgehead atoms. The zero-order valence-corrected chi connectivity index (χ0v) is 18.7. The van der Waals surface area contributed by atoms with E-state index >= 15 is 0 Å². The molecular formula is C24H39ClO. The van der Waals surface area contributed by atoms with Gasteiger partial charge < -0.3 is 0 Å². The summed E-state index contributed by atoms with van der Waals surface area (Å²) in [5.41, 5.74) is 0.864. The highest BCUT2D eigenvalue weighted by Gasteiger charge is 2.44. The van der Waals surface area contributed by atoms with E-state index in [2.05, 4.69) is 54.5 Å². The van der Waals surface area contributed by atoms with Crippen LogP contribution in [0, 0.1) is 22.7 Å². The van der Waals surface area contributed by atoms with E-state index in [0.29, 0.717) is 11.7 Å². The zero-order chi connectivity index (χ0) is 20.0. The summed E-state index contributed by atoms with van der Waals surface area (Å²) < 4.78 is 0. The molecule has 0 aromatic heterocycles. The van der Waals surface area contributed by atoms with E-state index < -0.39 is 0 Å². The van der Waals surface area contributed by atoms with Crippen LogP contribution in [0.15, 0.2) is 24.3 Å². The highest BCUT2D eigenvalue weighted by Crippen LogP contribution is 2.43. The second kappa shape index (κ2) is 9.93. The highest BCUT2D eigenvalue weighted by molar-refractivity contribution is 6.30. The number of hydrogen-bond acceptors (Lipinski definition) is 1. The number of benzene rings is 1. The number of hydrogen-bond donors (Lipinski definition) is 0. The minimum atomic E-state index is -0.328. The lowest BCUT2D eigenvalue weighted by molar-refractivity contribution is -0.139. The molecule has 0 saturated carbocycles. The molecule has 1 nitrogen and oxygen atoms in total. The number of ketones is 1. The lowest BCUT2D eigenvalue weighted by Crippen LogP contribution is -2.43. The first-order chi connectivity index (χ1) is 12.0. The van der Waals surface area contributed by atoms with Gasteiger partial charge in [-0.15, -0.1) is 0 Å². The summed E-state index contributed by atoms with van der Waals surface area (Å²) in [5, 5.41) is 0.777. The quantitative estimate of drug-likeness (QED) is 0.406. The molecule has 0 radical (unpaired) electrons. The molecule has 148 valence electrons. The van der Waals surface area contributed by atoms with Gasteiger partial charge in [-0.05, 0) is 41.9 Å². The first-order valence-electron chi connectivity index (χ1n) is 10.3. The van der Waals surface area contributed by atoms with Gasteiger partial charge in [-0.3, -0.25) is 4.79 Å². The SMILES string of the molecule is CCCC(CCC)C(CCc1cccc(Cl)c1)C(=O)C(C)(C)C(C)(C)C. The second-order valence-corrected chi connectivity index (χ2v) is 9.79. The Balaban J connectivity index is 3.10. The van der Waals surface area contributed by atoms with E-state index in [1.165, 1.54) is 5.56 Å². The molecule has 0 N–H and O–H groups in total. The van der Waals surface area contributed by atoms with Crippen molar-refractivity contribution in [2.45, 2.75) is 87.0 Å². The van der Waals surface area contributed by atoms with Gasteiger partial charge in [-0.1, -0.05) is 97.9 Å². The van der Waals surface area contributed by atoms with Crippen LogP contribution in [0.2, 0.25) is 5.02 Å². The predicted molar refractivity (Wildman–Crippen MR) is 115 cm³/mol. The van der Waals surface area contributed by atoms with Crippen molar-refractivity contribution < 1.29 is 4.79 Å². The summed E-state index contributed by atoms with van der Waals surface area (Å²) in [4.78, 5) is 13.7. The van der Waals surface area contributed by atoms with Gasteiger partial charge in [0.1, 0.15) is 5.78 Å². The Morgan fingerprint density at radius 3 is 2.04 bits per heavy atom. The molecule has 0 saturated heterocycles. The summed E-state index contributed by atoms with van der Waals surface area (Å²) in [7, 11) is 0. The molecule has 1 atom stereocenters. The summed E-state index contributed by atoms with van der Waals surface area (Å²) in [6.45, 7) is 15.3. The minimum Gasteiger partial charge on any atom is -0.299 e. The molecule has 1 aromatic rings. The Labute approximate surface area is 166 Å². The lowest BCUT2D eigenvalue weighted by Gasteiger charge is -2.41. The maximum absolute atomic E-state index is 13.7. The van der Waals surface area contributed by atoms with Gasteiger partial charge in [0.2, 0.25) is 0 Å². The van der Waals surface area contributed by atoms with Gasteiger partial charge in [-0.2, -0.15) is 0 Å². The number of Topliss-reactive ketones (excluding diaryl/α,β-unsaturated/α-hetero) is 1. The highest BCUT2D eigenvalue weighted by atomic mass is 35.5. The molecule has 0 aliphatic carbocycles. The van der Waals surface area contributed by atoms with E-state index in [1.807, 2.05) is 18.2 Å². The topological polar surface area (TPSA) is 17.1 Å². The number of carbonyl (C=O) groups is 1. The molecule has 2 heteroatoms. The van der Waals surface area contributed by atoms with Crippen LogP contribution in [0.25, 0.3) is 0 Å². The largest absolute Gasteiger partial charge is 0.299 e. The van der Waals surface area contributed by atoms with Gasteiger partial charge >= 0.3 is 0 Å². The summed E-state index contributed by atoms with van der Waals surface area (Å²) in [5.74, 6) is 1.06. The average molecular weight is 379 g/mol. The standard InChI is InChI=1S/C24H39ClO/c1-8-11-19(12-9-2)21(22(26)24(6,7)23(3,4)5)16-15-18-13-10-14-20(25)17-18/h10,13-14,17,19,21H,8-9,11-12,15-16H2,1-7H3. The van der Waals surface area contributed by atoms with Crippen molar-refractivity contribution in [3.05, 3.63) is 34.9 Å². The molecule has 0 heterocycles. The molecule has 0 spiro atoms. The van der Waals surface area contributed by atoms with Gasteiger partial charge in [0.15, 0.2) is 0 Å². The van der Waals surface area contributed by atoms with Crippen LogP contribution in [0.5, 0.6) is 0 Å². The fourth-order valence-corrected chi connectivity index (χ4v) is 3.93. The van der Waals surface area contributed by atoms with E-state index in [9.17, 15) is 4.79 Å². The van der Waals surface area contributed by atoms with Crippen LogP contribution in [0.1, 0.15) is 86.1 Å². The Morgan fingerprint density at radius 2 is 1.58 bits per heavy atom. The molecule has 0 aliphatic heterocycles. The number of halogens is 1. The number of aryl methyl sites for hydroxylation is 1. The van der Waals surface area contributed by atoms with Crippen LogP contribution in [0.4, 0.5) is 0 Å². The monoisotopic (exact) mass is 378 g/mol. The predicted octanol–water partition coefficient (Wildman–Crippen LogP) is 7.75. The van der Waals surface area contributed by atoms with Crippen molar-refractivity contribution in [3.8, 4) is 0 Å². The number of rotatable bonds is 10. The Morgan fingerprint density at radius 1 is 1.00 bits per heavy atom. The van der Waals surface area contributed by atoms with Crippen LogP contribution >= 0.6 is 11.6 Å². The fourth-order valence-electron chi connectivity index (χ4n) is 3.72. The van der Waals surface area contributed by atoms with Crippen molar-refractivity contribution in [1.82, 2.24) is 0 Å². The molecule has 0 amide bonds. The Bertz CT molecular complexity index is 562. The normalized spacial score (nSPS) is 13.9.